The second-order valence-electron chi connectivity index (χ2n) is 12.8. The van der Waals surface area contributed by atoms with E-state index in [0.29, 0.717) is 30.6 Å². The molecule has 1 N–H and O–H groups in total. The Balaban J connectivity index is 1.47. The molecule has 0 aliphatic carbocycles. The first-order valence-corrected chi connectivity index (χ1v) is 15.8. The Bertz CT molecular complexity index is 1650. The summed E-state index contributed by atoms with van der Waals surface area (Å²) < 4.78 is 7.99. The molecule has 9 heteroatoms. The van der Waals surface area contributed by atoms with Gasteiger partial charge in [-0.05, 0) is 78.8 Å². The maximum atomic E-state index is 13.5. The number of imidazole rings is 1. The van der Waals surface area contributed by atoms with Crippen molar-refractivity contribution in [3.63, 3.8) is 0 Å². The van der Waals surface area contributed by atoms with Gasteiger partial charge in [0.2, 0.25) is 11.9 Å². The minimum absolute atomic E-state index is 0.0266. The molecule has 2 atom stereocenters. The van der Waals surface area contributed by atoms with Crippen LogP contribution in [0.4, 0.5) is 16.4 Å². The van der Waals surface area contributed by atoms with Crippen molar-refractivity contribution in [3.05, 3.63) is 102 Å². The van der Waals surface area contributed by atoms with Gasteiger partial charge in [0.15, 0.2) is 0 Å². The Morgan fingerprint density at radius 1 is 1.11 bits per heavy atom. The molecular formula is C36H42ClN5O3. The van der Waals surface area contributed by atoms with Gasteiger partial charge in [-0.3, -0.25) is 4.79 Å². The molecule has 5 rings (SSSR count). The topological polar surface area (TPSA) is 79.7 Å². The lowest BCUT2D eigenvalue weighted by Crippen LogP contribution is -2.45. The quantitative estimate of drug-likeness (QED) is 0.189. The third-order valence-electron chi connectivity index (χ3n) is 8.62. The summed E-state index contributed by atoms with van der Waals surface area (Å²) in [5, 5.41) is 4.13. The molecule has 236 valence electrons. The van der Waals surface area contributed by atoms with Crippen molar-refractivity contribution in [3.8, 4) is 0 Å². The average Bonchev–Trinajstić information content (AvgIpc) is 3.39. The molecule has 0 radical (unpaired) electrons. The number of aromatic nitrogens is 2. The van der Waals surface area contributed by atoms with Gasteiger partial charge in [-0.25, -0.2) is 9.78 Å². The second kappa shape index (κ2) is 13.8. The highest BCUT2D eigenvalue weighted by atomic mass is 35.5. The van der Waals surface area contributed by atoms with E-state index in [0.717, 1.165) is 40.7 Å². The van der Waals surface area contributed by atoms with Crippen LogP contribution in [-0.2, 0) is 22.7 Å². The van der Waals surface area contributed by atoms with Crippen LogP contribution in [-0.4, -0.2) is 50.5 Å². The van der Waals surface area contributed by atoms with Crippen LogP contribution in [0.15, 0.2) is 85.5 Å². The van der Waals surface area contributed by atoms with E-state index in [1.807, 2.05) is 65.6 Å². The zero-order valence-corrected chi connectivity index (χ0v) is 27.3. The molecule has 1 aliphatic rings. The van der Waals surface area contributed by atoms with Gasteiger partial charge in [0.25, 0.3) is 0 Å². The summed E-state index contributed by atoms with van der Waals surface area (Å²) >= 11 is 6.14. The molecule has 1 fully saturated rings. The molecule has 2 amide bonds. The fraction of sp³-hybridized carbons (Fsp3) is 0.361. The number of carbonyl (C=O) groups is 2. The van der Waals surface area contributed by atoms with Gasteiger partial charge in [0.1, 0.15) is 6.61 Å². The smallest absolute Gasteiger partial charge is 0.410 e. The molecule has 45 heavy (non-hydrogen) atoms. The number of hydrogen-bond donors (Lipinski definition) is 1. The average molecular weight is 628 g/mol. The first-order valence-electron chi connectivity index (χ1n) is 15.5. The third kappa shape index (κ3) is 7.68. The number of hydrogen-bond acceptors (Lipinski definition) is 5. The first-order chi connectivity index (χ1) is 21.5. The van der Waals surface area contributed by atoms with Crippen LogP contribution >= 0.6 is 11.6 Å². The summed E-state index contributed by atoms with van der Waals surface area (Å²) in [6.07, 6.45) is 2.81. The Morgan fingerprint density at radius 2 is 1.84 bits per heavy atom. The molecule has 1 aromatic heterocycles. The summed E-state index contributed by atoms with van der Waals surface area (Å²) in [7, 11) is 0. The van der Waals surface area contributed by atoms with Gasteiger partial charge in [0.05, 0.1) is 17.1 Å². The minimum atomic E-state index is -0.355. The highest BCUT2D eigenvalue weighted by molar-refractivity contribution is 6.30. The monoisotopic (exact) mass is 627 g/mol. The lowest BCUT2D eigenvalue weighted by atomic mass is 9.87. The number of halogens is 1. The number of ether oxygens (including phenoxy) is 1. The standard InChI is InChI=1S/C36H42ClN5O3/c1-6-33(43)40-20-10-13-30(23-40)42-32-19-14-27(21-31(32)39-34(42)38-29-17-15-28(37)16-18-29)22-41(25(2)36(3,4)5)35(44)45-24-26-11-8-7-9-12-26/h6-9,11-12,14-19,21,25,30H,1,10,13,20,22-24H2,2-5H3,(H,38,39)/t25-,30?/m0/s1. The molecule has 0 spiro atoms. The lowest BCUT2D eigenvalue weighted by Gasteiger charge is -2.37. The zero-order chi connectivity index (χ0) is 32.1. The van der Waals surface area contributed by atoms with Crippen molar-refractivity contribution < 1.29 is 14.3 Å². The molecule has 0 bridgehead atoms. The summed E-state index contributed by atoms with van der Waals surface area (Å²) in [6.45, 7) is 14.0. The maximum Gasteiger partial charge on any atom is 0.410 e. The largest absolute Gasteiger partial charge is 0.445 e. The van der Waals surface area contributed by atoms with Crippen LogP contribution in [0.3, 0.4) is 0 Å². The van der Waals surface area contributed by atoms with E-state index in [-0.39, 0.29) is 36.1 Å². The van der Waals surface area contributed by atoms with E-state index >= 15 is 0 Å². The van der Waals surface area contributed by atoms with Gasteiger partial charge in [0, 0.05) is 36.4 Å². The Hall–Kier alpha value is -4.30. The van der Waals surface area contributed by atoms with Crippen LogP contribution in [0.2, 0.25) is 5.02 Å². The van der Waals surface area contributed by atoms with Crippen molar-refractivity contribution in [2.75, 3.05) is 18.4 Å². The van der Waals surface area contributed by atoms with E-state index in [1.165, 1.54) is 6.08 Å². The van der Waals surface area contributed by atoms with Crippen molar-refractivity contribution in [2.24, 2.45) is 5.41 Å². The SMILES string of the molecule is C=CC(=O)N1CCCC(n2c(Nc3ccc(Cl)cc3)nc3cc(CN(C(=O)OCc4ccccc4)[C@@H](C)C(C)(C)C)ccc32)C1. The summed E-state index contributed by atoms with van der Waals surface area (Å²) in [5.74, 6) is 0.621. The molecular weight excluding hydrogens is 586 g/mol. The Labute approximate surface area is 270 Å². The number of fused-ring (bicyclic) bond motifs is 1. The van der Waals surface area contributed by atoms with Gasteiger partial charge < -0.3 is 24.4 Å². The minimum Gasteiger partial charge on any atom is -0.445 e. The van der Waals surface area contributed by atoms with Gasteiger partial charge in [-0.1, -0.05) is 75.3 Å². The normalized spacial score (nSPS) is 15.8. The van der Waals surface area contributed by atoms with Crippen molar-refractivity contribution in [2.45, 2.75) is 65.8 Å². The van der Waals surface area contributed by atoms with E-state index in [9.17, 15) is 9.59 Å². The zero-order valence-electron chi connectivity index (χ0n) is 26.5. The number of rotatable bonds is 9. The maximum absolute atomic E-state index is 13.5. The number of anilines is 2. The predicted molar refractivity (Wildman–Crippen MR) is 181 cm³/mol. The van der Waals surface area contributed by atoms with Gasteiger partial charge in [-0.15, -0.1) is 0 Å². The van der Waals surface area contributed by atoms with Crippen LogP contribution < -0.4 is 5.32 Å². The highest BCUT2D eigenvalue weighted by Gasteiger charge is 2.32. The van der Waals surface area contributed by atoms with Crippen LogP contribution in [0.25, 0.3) is 11.0 Å². The first kappa shape index (κ1) is 32.1. The molecule has 8 nitrogen and oxygen atoms in total. The summed E-state index contributed by atoms with van der Waals surface area (Å²) in [5.41, 5.74) is 4.34. The number of piperidine rings is 1. The molecule has 0 saturated carbocycles. The molecule has 2 heterocycles. The van der Waals surface area contributed by atoms with Crippen LogP contribution in [0.1, 0.15) is 57.7 Å². The summed E-state index contributed by atoms with van der Waals surface area (Å²) in [4.78, 5) is 34.7. The number of likely N-dealkylation sites (tertiary alicyclic amines) is 1. The predicted octanol–water partition coefficient (Wildman–Crippen LogP) is 8.36. The molecule has 1 saturated heterocycles. The van der Waals surface area contributed by atoms with Gasteiger partial charge >= 0.3 is 6.09 Å². The number of benzene rings is 3. The number of amides is 2. The number of carbonyl (C=O) groups excluding carboxylic acids is 2. The fourth-order valence-corrected chi connectivity index (χ4v) is 5.81. The van der Waals surface area contributed by atoms with E-state index in [2.05, 4.69) is 56.3 Å². The van der Waals surface area contributed by atoms with Crippen molar-refractivity contribution in [1.29, 1.82) is 0 Å². The Kier molecular flexibility index (Phi) is 9.83. The molecule has 4 aromatic rings. The molecule has 3 aromatic carbocycles. The van der Waals surface area contributed by atoms with Crippen molar-refractivity contribution in [1.82, 2.24) is 19.4 Å². The van der Waals surface area contributed by atoms with Crippen molar-refractivity contribution >= 4 is 46.3 Å². The van der Waals surface area contributed by atoms with Crippen LogP contribution in [0.5, 0.6) is 0 Å². The van der Waals surface area contributed by atoms with E-state index < -0.39 is 0 Å². The Morgan fingerprint density at radius 3 is 2.53 bits per heavy atom. The molecule has 1 unspecified atom stereocenters. The second-order valence-corrected chi connectivity index (χ2v) is 13.2. The highest BCUT2D eigenvalue weighted by Crippen LogP contribution is 2.33. The summed E-state index contributed by atoms with van der Waals surface area (Å²) in [6, 6.07) is 23.3. The molecule has 1 aliphatic heterocycles. The van der Waals surface area contributed by atoms with E-state index in [4.69, 9.17) is 21.3 Å². The number of nitrogens with zero attached hydrogens (tertiary/aromatic N) is 4. The van der Waals surface area contributed by atoms with Crippen LogP contribution in [0, 0.1) is 5.41 Å². The fourth-order valence-electron chi connectivity index (χ4n) is 5.68. The third-order valence-corrected chi connectivity index (χ3v) is 8.87. The number of nitrogens with one attached hydrogen (secondary N) is 1. The van der Waals surface area contributed by atoms with Gasteiger partial charge in [-0.2, -0.15) is 0 Å². The van der Waals surface area contributed by atoms with E-state index in [1.54, 1.807) is 4.90 Å². The lowest BCUT2D eigenvalue weighted by molar-refractivity contribution is -0.127.